The largest absolute Gasteiger partial charge is 0.482 e. The van der Waals surface area contributed by atoms with E-state index < -0.39 is 5.97 Å². The number of ether oxygens (including phenoxy) is 1. The second kappa shape index (κ2) is 11.2. The number of nitrogens with zero attached hydrogens (tertiary/aromatic N) is 2. The van der Waals surface area contributed by atoms with Crippen molar-refractivity contribution in [3.63, 3.8) is 0 Å². The minimum atomic E-state index is -0.980. The average Bonchev–Trinajstić information content (AvgIpc) is 3.19. The topological polar surface area (TPSA) is 75.8 Å². The summed E-state index contributed by atoms with van der Waals surface area (Å²) < 4.78 is 11.2. The number of carbonyl (C=O) groups is 1. The molecule has 0 aliphatic carbocycles. The van der Waals surface area contributed by atoms with Crippen LogP contribution in [0.25, 0.3) is 11.1 Å². The highest BCUT2D eigenvalue weighted by Crippen LogP contribution is 2.23. The number of hydrogen-bond acceptors (Lipinski definition) is 5. The van der Waals surface area contributed by atoms with Gasteiger partial charge in [0, 0.05) is 13.1 Å². The van der Waals surface area contributed by atoms with Gasteiger partial charge in [-0.25, -0.2) is 4.79 Å². The molecule has 1 aromatic heterocycles. The minimum absolute atomic E-state index is 0.330. The lowest BCUT2D eigenvalue weighted by atomic mass is 10.1. The Hall–Kier alpha value is -3.02. The SMILES string of the molecule is CCCCCCCN(CCc1ccc(OCC(=O)O)cc1)c1nc2ccccc2o1. The molecule has 1 heterocycles. The number of para-hydroxylation sites is 2. The number of carboxylic acids is 1. The van der Waals surface area contributed by atoms with Crippen LogP contribution >= 0.6 is 0 Å². The molecule has 30 heavy (non-hydrogen) atoms. The van der Waals surface area contributed by atoms with Gasteiger partial charge >= 0.3 is 5.97 Å². The zero-order chi connectivity index (χ0) is 21.2. The number of rotatable bonds is 13. The Morgan fingerprint density at radius 1 is 1.03 bits per heavy atom. The van der Waals surface area contributed by atoms with E-state index in [0.717, 1.165) is 42.6 Å². The fourth-order valence-corrected chi connectivity index (χ4v) is 3.37. The van der Waals surface area contributed by atoms with Gasteiger partial charge in [-0.05, 0) is 42.7 Å². The summed E-state index contributed by atoms with van der Waals surface area (Å²) in [6, 6.07) is 16.1. The van der Waals surface area contributed by atoms with Crippen LogP contribution in [0.3, 0.4) is 0 Å². The highest BCUT2D eigenvalue weighted by Gasteiger charge is 2.14. The molecular formula is C24H30N2O4. The first-order valence-electron chi connectivity index (χ1n) is 10.7. The predicted octanol–water partition coefficient (Wildman–Crippen LogP) is 5.31. The number of aromatic nitrogens is 1. The summed E-state index contributed by atoms with van der Waals surface area (Å²) in [5.41, 5.74) is 2.84. The van der Waals surface area contributed by atoms with Crippen molar-refractivity contribution in [2.75, 3.05) is 24.6 Å². The highest BCUT2D eigenvalue weighted by atomic mass is 16.5. The third-order valence-corrected chi connectivity index (χ3v) is 5.04. The molecule has 0 amide bonds. The van der Waals surface area contributed by atoms with Gasteiger partial charge in [-0.3, -0.25) is 0 Å². The number of carboxylic acid groups (broad SMARTS) is 1. The van der Waals surface area contributed by atoms with E-state index in [-0.39, 0.29) is 6.61 Å². The maximum atomic E-state index is 10.6. The first kappa shape index (κ1) is 21.7. The summed E-state index contributed by atoms with van der Waals surface area (Å²) in [6.45, 7) is 3.61. The summed E-state index contributed by atoms with van der Waals surface area (Å²) in [4.78, 5) is 17.5. The Morgan fingerprint density at radius 2 is 1.80 bits per heavy atom. The Kier molecular flexibility index (Phi) is 8.12. The molecule has 0 unspecified atom stereocenters. The van der Waals surface area contributed by atoms with Gasteiger partial charge in [0.25, 0.3) is 6.01 Å². The van der Waals surface area contributed by atoms with Gasteiger partial charge in [0.1, 0.15) is 11.3 Å². The molecule has 0 spiro atoms. The molecule has 0 aliphatic rings. The van der Waals surface area contributed by atoms with E-state index in [1.807, 2.05) is 48.5 Å². The smallest absolute Gasteiger partial charge is 0.341 e. The Balaban J connectivity index is 1.62. The van der Waals surface area contributed by atoms with Gasteiger partial charge in [0.15, 0.2) is 12.2 Å². The standard InChI is InChI=1S/C24H30N2O4/c1-2-3-4-5-8-16-26(24-25-21-9-6-7-10-22(21)30-24)17-15-19-11-13-20(14-12-19)29-18-23(27)28/h6-7,9-14H,2-5,8,15-18H2,1H3,(H,27,28). The molecule has 0 aliphatic heterocycles. The van der Waals surface area contributed by atoms with Gasteiger partial charge in [-0.1, -0.05) is 56.9 Å². The molecule has 0 saturated carbocycles. The van der Waals surface area contributed by atoms with Crippen molar-refractivity contribution < 1.29 is 19.1 Å². The van der Waals surface area contributed by atoms with Crippen LogP contribution in [0.5, 0.6) is 5.75 Å². The molecule has 3 rings (SSSR count). The normalized spacial score (nSPS) is 11.0. The summed E-state index contributed by atoms with van der Waals surface area (Å²) in [6.07, 6.45) is 6.93. The zero-order valence-corrected chi connectivity index (χ0v) is 17.5. The van der Waals surface area contributed by atoms with E-state index in [9.17, 15) is 4.79 Å². The summed E-state index contributed by atoms with van der Waals surface area (Å²) >= 11 is 0. The Labute approximate surface area is 177 Å². The van der Waals surface area contributed by atoms with E-state index >= 15 is 0 Å². The average molecular weight is 411 g/mol. The molecule has 0 atom stereocenters. The van der Waals surface area contributed by atoms with Crippen molar-refractivity contribution in [3.05, 3.63) is 54.1 Å². The summed E-state index contributed by atoms with van der Waals surface area (Å²) in [7, 11) is 0. The number of benzene rings is 2. The molecule has 3 aromatic rings. The number of fused-ring (bicyclic) bond motifs is 1. The number of oxazole rings is 1. The second-order valence-corrected chi connectivity index (χ2v) is 7.44. The predicted molar refractivity (Wildman–Crippen MR) is 118 cm³/mol. The van der Waals surface area contributed by atoms with Crippen LogP contribution in [0, 0.1) is 0 Å². The van der Waals surface area contributed by atoms with Gasteiger partial charge in [0.05, 0.1) is 0 Å². The first-order chi connectivity index (χ1) is 14.7. The molecule has 6 heteroatoms. The van der Waals surface area contributed by atoms with E-state index in [0.29, 0.717) is 11.8 Å². The van der Waals surface area contributed by atoms with Crippen molar-refractivity contribution in [1.82, 2.24) is 4.98 Å². The van der Waals surface area contributed by atoms with Crippen molar-refractivity contribution in [2.45, 2.75) is 45.4 Å². The van der Waals surface area contributed by atoms with Crippen molar-refractivity contribution in [2.24, 2.45) is 0 Å². The Bertz CT molecular complexity index is 887. The third kappa shape index (κ3) is 6.51. The molecule has 6 nitrogen and oxygen atoms in total. The monoisotopic (exact) mass is 410 g/mol. The van der Waals surface area contributed by atoms with Crippen LogP contribution in [0.15, 0.2) is 52.9 Å². The maximum absolute atomic E-state index is 10.6. The third-order valence-electron chi connectivity index (χ3n) is 5.04. The molecule has 2 aromatic carbocycles. The van der Waals surface area contributed by atoms with E-state index in [2.05, 4.69) is 16.8 Å². The summed E-state index contributed by atoms with van der Waals surface area (Å²) in [5.74, 6) is -0.417. The number of hydrogen-bond donors (Lipinski definition) is 1. The molecular weight excluding hydrogens is 380 g/mol. The molecule has 0 bridgehead atoms. The minimum Gasteiger partial charge on any atom is -0.482 e. The fraction of sp³-hybridized carbons (Fsp3) is 0.417. The molecule has 0 fully saturated rings. The first-order valence-corrected chi connectivity index (χ1v) is 10.7. The van der Waals surface area contributed by atoms with Gasteiger partial charge in [-0.15, -0.1) is 0 Å². The van der Waals surface area contributed by atoms with Crippen LogP contribution in [-0.2, 0) is 11.2 Å². The van der Waals surface area contributed by atoms with Gasteiger partial charge in [0.2, 0.25) is 0 Å². The molecule has 0 saturated heterocycles. The van der Waals surface area contributed by atoms with Crippen LogP contribution < -0.4 is 9.64 Å². The fourth-order valence-electron chi connectivity index (χ4n) is 3.37. The van der Waals surface area contributed by atoms with Crippen molar-refractivity contribution in [3.8, 4) is 5.75 Å². The second-order valence-electron chi connectivity index (χ2n) is 7.44. The highest BCUT2D eigenvalue weighted by molar-refractivity contribution is 5.74. The maximum Gasteiger partial charge on any atom is 0.341 e. The van der Waals surface area contributed by atoms with Gasteiger partial charge in [-0.2, -0.15) is 4.98 Å². The van der Waals surface area contributed by atoms with Crippen LogP contribution in [0.2, 0.25) is 0 Å². The van der Waals surface area contributed by atoms with Crippen LogP contribution in [-0.4, -0.2) is 35.8 Å². The van der Waals surface area contributed by atoms with Gasteiger partial charge < -0.3 is 19.2 Å². The molecule has 1 N–H and O–H groups in total. The Morgan fingerprint density at radius 3 is 2.53 bits per heavy atom. The lowest BCUT2D eigenvalue weighted by Crippen LogP contribution is -2.27. The lowest BCUT2D eigenvalue weighted by Gasteiger charge is -2.20. The molecule has 0 radical (unpaired) electrons. The van der Waals surface area contributed by atoms with E-state index in [1.54, 1.807) is 0 Å². The van der Waals surface area contributed by atoms with Crippen molar-refractivity contribution in [1.29, 1.82) is 0 Å². The molecule has 160 valence electrons. The quantitative estimate of drug-likeness (QED) is 0.385. The van der Waals surface area contributed by atoms with E-state index in [4.69, 9.17) is 14.3 Å². The van der Waals surface area contributed by atoms with Crippen molar-refractivity contribution >= 4 is 23.1 Å². The zero-order valence-electron chi connectivity index (χ0n) is 17.5. The van der Waals surface area contributed by atoms with E-state index in [1.165, 1.54) is 25.7 Å². The number of unbranched alkanes of at least 4 members (excludes halogenated alkanes) is 4. The number of anilines is 1. The van der Waals surface area contributed by atoms with Crippen LogP contribution in [0.1, 0.15) is 44.6 Å². The summed E-state index contributed by atoms with van der Waals surface area (Å²) in [5, 5.41) is 8.71. The van der Waals surface area contributed by atoms with Crippen LogP contribution in [0.4, 0.5) is 6.01 Å². The lowest BCUT2D eigenvalue weighted by molar-refractivity contribution is -0.139. The number of aliphatic carboxylic acids is 1.